The minimum atomic E-state index is -0.942. The molecule has 1 unspecified atom stereocenters. The first-order chi connectivity index (χ1) is 8.99. The van der Waals surface area contributed by atoms with Crippen LogP contribution in [0.5, 0.6) is 0 Å². The van der Waals surface area contributed by atoms with Gasteiger partial charge in [-0.2, -0.15) is 4.98 Å². The van der Waals surface area contributed by atoms with Crippen LogP contribution in [0.25, 0.3) is 0 Å². The van der Waals surface area contributed by atoms with Gasteiger partial charge in [0.15, 0.2) is 5.03 Å². The molecule has 0 aliphatic rings. The summed E-state index contributed by atoms with van der Waals surface area (Å²) in [7, 11) is 0. The summed E-state index contributed by atoms with van der Waals surface area (Å²) in [6, 6.07) is 0. The fourth-order valence-corrected chi connectivity index (χ4v) is 2.28. The van der Waals surface area contributed by atoms with E-state index in [1.807, 2.05) is 6.92 Å². The van der Waals surface area contributed by atoms with Crippen LogP contribution in [0.3, 0.4) is 0 Å². The Morgan fingerprint density at radius 1 is 1.53 bits per heavy atom. The second kappa shape index (κ2) is 7.22. The number of anilines is 1. The minimum absolute atomic E-state index is 0.124. The number of aliphatic hydroxyl groups excluding tert-OH is 2. The Labute approximate surface area is 114 Å². The summed E-state index contributed by atoms with van der Waals surface area (Å²) in [6.45, 7) is 3.60. The van der Waals surface area contributed by atoms with Gasteiger partial charge >= 0.3 is 5.69 Å². The topological polar surface area (TPSA) is 121 Å². The molecule has 9 heteroatoms. The van der Waals surface area contributed by atoms with Crippen LogP contribution < -0.4 is 5.32 Å². The van der Waals surface area contributed by atoms with Gasteiger partial charge in [0, 0.05) is 12.3 Å². The summed E-state index contributed by atoms with van der Waals surface area (Å²) in [6.07, 6.45) is -0.942. The molecule has 1 aromatic rings. The molecule has 0 bridgehead atoms. The van der Waals surface area contributed by atoms with Gasteiger partial charge in [0.2, 0.25) is 5.95 Å². The molecule has 8 nitrogen and oxygen atoms in total. The first-order valence-electron chi connectivity index (χ1n) is 5.68. The van der Waals surface area contributed by atoms with Gasteiger partial charge in [0.25, 0.3) is 0 Å². The number of aryl methyl sites for hydroxylation is 1. The molecule has 1 heterocycles. The summed E-state index contributed by atoms with van der Waals surface area (Å²) in [5.74, 6) is 0.436. The van der Waals surface area contributed by atoms with Crippen LogP contribution in [0.4, 0.5) is 11.6 Å². The number of hydrogen-bond donors (Lipinski definition) is 3. The summed E-state index contributed by atoms with van der Waals surface area (Å²) in [5.41, 5.74) is 0.0914. The number of nitrogens with zero attached hydrogens (tertiary/aromatic N) is 3. The van der Waals surface area contributed by atoms with Crippen LogP contribution in [-0.4, -0.2) is 50.1 Å². The van der Waals surface area contributed by atoms with E-state index in [1.54, 1.807) is 0 Å². The number of hydrogen-bond acceptors (Lipinski definition) is 8. The van der Waals surface area contributed by atoms with Crippen molar-refractivity contribution in [1.82, 2.24) is 9.97 Å². The normalized spacial score (nSPS) is 12.2. The van der Waals surface area contributed by atoms with E-state index in [0.29, 0.717) is 12.5 Å². The molecular weight excluding hydrogens is 272 g/mol. The molecule has 0 spiro atoms. The molecule has 0 saturated carbocycles. The summed E-state index contributed by atoms with van der Waals surface area (Å²) in [4.78, 5) is 18.5. The molecule has 19 heavy (non-hydrogen) atoms. The second-order valence-electron chi connectivity index (χ2n) is 3.72. The highest BCUT2D eigenvalue weighted by molar-refractivity contribution is 7.99. The van der Waals surface area contributed by atoms with Crippen molar-refractivity contribution in [2.75, 3.05) is 24.2 Å². The summed E-state index contributed by atoms with van der Waals surface area (Å²) >= 11 is 1.02. The molecule has 0 radical (unpaired) electrons. The lowest BCUT2D eigenvalue weighted by Crippen LogP contribution is -2.15. The molecule has 0 aliphatic carbocycles. The number of nitrogens with one attached hydrogen (secondary N) is 1. The van der Waals surface area contributed by atoms with Gasteiger partial charge in [0.05, 0.1) is 17.6 Å². The van der Waals surface area contributed by atoms with Crippen molar-refractivity contribution in [3.05, 3.63) is 15.8 Å². The van der Waals surface area contributed by atoms with Gasteiger partial charge in [-0.1, -0.05) is 11.8 Å². The SMILES string of the molecule is CCNc1nc(C)c([N+](=O)[O-])c(SCC(O)CO)n1. The van der Waals surface area contributed by atoms with Gasteiger partial charge in [-0.3, -0.25) is 10.1 Å². The van der Waals surface area contributed by atoms with Crippen molar-refractivity contribution in [3.63, 3.8) is 0 Å². The Kier molecular flexibility index (Phi) is 5.93. The summed E-state index contributed by atoms with van der Waals surface area (Å²) < 4.78 is 0. The molecule has 0 aliphatic heterocycles. The average Bonchev–Trinajstić information content (AvgIpc) is 2.35. The molecular formula is C10H16N4O4S. The molecule has 0 amide bonds. The molecule has 1 rings (SSSR count). The molecule has 106 valence electrons. The zero-order valence-corrected chi connectivity index (χ0v) is 11.5. The lowest BCUT2D eigenvalue weighted by Gasteiger charge is -2.09. The lowest BCUT2D eigenvalue weighted by atomic mass is 10.4. The monoisotopic (exact) mass is 288 g/mol. The van der Waals surface area contributed by atoms with Crippen LogP contribution in [0.1, 0.15) is 12.6 Å². The van der Waals surface area contributed by atoms with Gasteiger partial charge in [0.1, 0.15) is 5.69 Å². The fraction of sp³-hybridized carbons (Fsp3) is 0.600. The quantitative estimate of drug-likeness (QED) is 0.288. The molecule has 0 fully saturated rings. The Bertz CT molecular complexity index is 457. The fourth-order valence-electron chi connectivity index (χ4n) is 1.32. The third-order valence-corrected chi connectivity index (χ3v) is 3.28. The Morgan fingerprint density at radius 3 is 2.74 bits per heavy atom. The van der Waals surface area contributed by atoms with Gasteiger partial charge < -0.3 is 15.5 Å². The smallest absolute Gasteiger partial charge is 0.322 e. The lowest BCUT2D eigenvalue weighted by molar-refractivity contribution is -0.389. The second-order valence-corrected chi connectivity index (χ2v) is 4.73. The van der Waals surface area contributed by atoms with E-state index in [-0.39, 0.29) is 22.2 Å². The maximum absolute atomic E-state index is 11.0. The molecule has 3 N–H and O–H groups in total. The first-order valence-corrected chi connectivity index (χ1v) is 6.66. The van der Waals surface area contributed by atoms with E-state index in [2.05, 4.69) is 15.3 Å². The Hall–Kier alpha value is -1.45. The highest BCUT2D eigenvalue weighted by atomic mass is 32.2. The van der Waals surface area contributed by atoms with Gasteiger partial charge in [-0.15, -0.1) is 0 Å². The average molecular weight is 288 g/mol. The van der Waals surface area contributed by atoms with Gasteiger partial charge in [-0.05, 0) is 13.8 Å². The Morgan fingerprint density at radius 2 is 2.21 bits per heavy atom. The number of nitro groups is 1. The third kappa shape index (κ3) is 4.30. The molecule has 1 atom stereocenters. The van der Waals surface area contributed by atoms with Crippen molar-refractivity contribution in [2.45, 2.75) is 25.0 Å². The highest BCUT2D eigenvalue weighted by Crippen LogP contribution is 2.30. The van der Waals surface area contributed by atoms with Crippen molar-refractivity contribution in [2.24, 2.45) is 0 Å². The van der Waals surface area contributed by atoms with E-state index in [1.165, 1.54) is 6.92 Å². The van der Waals surface area contributed by atoms with Crippen LogP contribution in [0.2, 0.25) is 0 Å². The number of rotatable bonds is 7. The number of aromatic nitrogens is 2. The predicted octanol–water partition coefficient (Wildman–Crippen LogP) is 0.570. The maximum atomic E-state index is 11.0. The van der Waals surface area contributed by atoms with Crippen LogP contribution in [0, 0.1) is 17.0 Å². The van der Waals surface area contributed by atoms with E-state index >= 15 is 0 Å². The first kappa shape index (κ1) is 15.6. The van der Waals surface area contributed by atoms with E-state index in [9.17, 15) is 15.2 Å². The Balaban J connectivity index is 3.05. The van der Waals surface area contributed by atoms with Crippen molar-refractivity contribution < 1.29 is 15.1 Å². The third-order valence-electron chi connectivity index (χ3n) is 2.17. The van der Waals surface area contributed by atoms with Crippen LogP contribution >= 0.6 is 11.8 Å². The molecule has 0 saturated heterocycles. The van der Waals surface area contributed by atoms with Crippen molar-refractivity contribution in [1.29, 1.82) is 0 Å². The zero-order valence-electron chi connectivity index (χ0n) is 10.7. The largest absolute Gasteiger partial charge is 0.394 e. The number of aliphatic hydroxyl groups is 2. The minimum Gasteiger partial charge on any atom is -0.394 e. The van der Waals surface area contributed by atoms with E-state index in [4.69, 9.17) is 5.11 Å². The predicted molar refractivity (Wildman–Crippen MR) is 71.4 cm³/mol. The van der Waals surface area contributed by atoms with E-state index < -0.39 is 17.6 Å². The zero-order chi connectivity index (χ0) is 14.4. The highest BCUT2D eigenvalue weighted by Gasteiger charge is 2.23. The van der Waals surface area contributed by atoms with Crippen LogP contribution in [0.15, 0.2) is 5.03 Å². The van der Waals surface area contributed by atoms with Crippen LogP contribution in [-0.2, 0) is 0 Å². The molecule has 0 aromatic carbocycles. The standard InChI is InChI=1S/C10H16N4O4S/c1-3-11-10-12-6(2)8(14(17)18)9(13-10)19-5-7(16)4-15/h7,15-16H,3-5H2,1-2H3,(H,11,12,13). The van der Waals surface area contributed by atoms with Gasteiger partial charge in [-0.25, -0.2) is 4.98 Å². The van der Waals surface area contributed by atoms with E-state index in [0.717, 1.165) is 11.8 Å². The summed E-state index contributed by atoms with van der Waals surface area (Å²) in [5, 5.41) is 32.1. The number of thioether (sulfide) groups is 1. The molecule has 1 aromatic heterocycles. The maximum Gasteiger partial charge on any atom is 0.322 e. The van der Waals surface area contributed by atoms with Crippen molar-refractivity contribution in [3.8, 4) is 0 Å². The van der Waals surface area contributed by atoms with Crippen molar-refractivity contribution >= 4 is 23.4 Å².